The van der Waals surface area contributed by atoms with Crippen LogP contribution < -0.4 is 10.6 Å². The van der Waals surface area contributed by atoms with Crippen molar-refractivity contribution in [2.24, 2.45) is 5.92 Å². The normalized spacial score (nSPS) is 14.9. The smallest absolute Gasteiger partial charge is 0.158 e. The zero-order valence-electron chi connectivity index (χ0n) is 12.1. The number of ether oxygens (including phenoxy) is 1. The number of nitrogens with zero attached hydrogens (tertiary/aromatic N) is 3. The van der Waals surface area contributed by atoms with Crippen LogP contribution in [0.15, 0.2) is 6.07 Å². The Balaban J connectivity index is 2.17. The molecule has 0 bridgehead atoms. The molecular weight excluding hydrogens is 240 g/mol. The first-order valence-electron chi connectivity index (χ1n) is 7.08. The fourth-order valence-electron chi connectivity index (χ4n) is 2.06. The third kappa shape index (κ3) is 4.06. The van der Waals surface area contributed by atoms with E-state index in [-0.39, 0.29) is 0 Å². The number of anilines is 2. The van der Waals surface area contributed by atoms with E-state index in [9.17, 15) is 0 Å². The molecule has 0 spiro atoms. The van der Waals surface area contributed by atoms with E-state index in [4.69, 9.17) is 10.5 Å². The Morgan fingerprint density at radius 2 is 2.16 bits per heavy atom. The highest BCUT2D eigenvalue weighted by atomic mass is 16.5. The first kappa shape index (κ1) is 14.1. The molecule has 1 aromatic rings. The lowest BCUT2D eigenvalue weighted by Crippen LogP contribution is -2.33. The van der Waals surface area contributed by atoms with E-state index in [2.05, 4.69) is 28.7 Å². The standard InChI is InChI=1S/C14H24N4O/c1-4-19-9-13-16-12(15)7-14(17-13)18(10(2)3)8-11-5-6-11/h7,10-11H,4-6,8-9H2,1-3H3,(H2,15,16,17). The van der Waals surface area contributed by atoms with Crippen molar-refractivity contribution in [3.8, 4) is 0 Å². The van der Waals surface area contributed by atoms with Gasteiger partial charge in [-0.2, -0.15) is 0 Å². The van der Waals surface area contributed by atoms with Crippen molar-refractivity contribution < 1.29 is 4.74 Å². The van der Waals surface area contributed by atoms with Crippen LogP contribution in [-0.2, 0) is 11.3 Å². The Bertz CT molecular complexity index is 418. The average Bonchev–Trinajstić information content (AvgIpc) is 3.16. The topological polar surface area (TPSA) is 64.3 Å². The summed E-state index contributed by atoms with van der Waals surface area (Å²) in [5, 5.41) is 0. The summed E-state index contributed by atoms with van der Waals surface area (Å²) < 4.78 is 5.36. The molecule has 0 saturated heterocycles. The van der Waals surface area contributed by atoms with E-state index in [1.165, 1.54) is 12.8 Å². The highest BCUT2D eigenvalue weighted by Gasteiger charge is 2.26. The predicted octanol–water partition coefficient (Wildman–Crippen LogP) is 2.22. The van der Waals surface area contributed by atoms with E-state index < -0.39 is 0 Å². The van der Waals surface area contributed by atoms with Gasteiger partial charge >= 0.3 is 0 Å². The number of hydrogen-bond donors (Lipinski definition) is 1. The van der Waals surface area contributed by atoms with Gasteiger partial charge < -0.3 is 15.4 Å². The molecule has 19 heavy (non-hydrogen) atoms. The van der Waals surface area contributed by atoms with Gasteiger partial charge in [0.25, 0.3) is 0 Å². The van der Waals surface area contributed by atoms with E-state index >= 15 is 0 Å². The highest BCUT2D eigenvalue weighted by Crippen LogP contribution is 2.32. The monoisotopic (exact) mass is 264 g/mol. The van der Waals surface area contributed by atoms with E-state index in [0.29, 0.717) is 30.9 Å². The summed E-state index contributed by atoms with van der Waals surface area (Å²) >= 11 is 0. The third-order valence-corrected chi connectivity index (χ3v) is 3.28. The molecule has 0 atom stereocenters. The Morgan fingerprint density at radius 1 is 1.42 bits per heavy atom. The Hall–Kier alpha value is -1.36. The second-order valence-corrected chi connectivity index (χ2v) is 5.39. The second kappa shape index (κ2) is 6.19. The van der Waals surface area contributed by atoms with Gasteiger partial charge in [0.2, 0.25) is 0 Å². The van der Waals surface area contributed by atoms with Gasteiger partial charge in [0.1, 0.15) is 18.2 Å². The summed E-state index contributed by atoms with van der Waals surface area (Å²) in [6.07, 6.45) is 2.66. The number of nitrogen functional groups attached to an aromatic ring is 1. The van der Waals surface area contributed by atoms with Crippen LogP contribution in [-0.4, -0.2) is 29.2 Å². The molecule has 0 aliphatic heterocycles. The largest absolute Gasteiger partial charge is 0.384 e. The Labute approximate surface area is 115 Å². The summed E-state index contributed by atoms with van der Waals surface area (Å²) in [6, 6.07) is 2.27. The summed E-state index contributed by atoms with van der Waals surface area (Å²) in [4.78, 5) is 11.1. The van der Waals surface area contributed by atoms with Crippen molar-refractivity contribution in [2.75, 3.05) is 23.8 Å². The highest BCUT2D eigenvalue weighted by molar-refractivity contribution is 5.47. The molecule has 2 rings (SSSR count). The summed E-state index contributed by atoms with van der Waals surface area (Å²) in [7, 11) is 0. The number of hydrogen-bond acceptors (Lipinski definition) is 5. The number of nitrogens with two attached hydrogens (primary N) is 1. The maximum Gasteiger partial charge on any atom is 0.158 e. The molecule has 1 aliphatic rings. The first-order chi connectivity index (χ1) is 9.10. The van der Waals surface area contributed by atoms with Crippen molar-refractivity contribution in [1.29, 1.82) is 0 Å². The zero-order chi connectivity index (χ0) is 13.8. The molecule has 5 nitrogen and oxygen atoms in total. The molecule has 2 N–H and O–H groups in total. The Kier molecular flexibility index (Phi) is 4.58. The van der Waals surface area contributed by atoms with Crippen LogP contribution in [0.1, 0.15) is 39.4 Å². The van der Waals surface area contributed by atoms with E-state index in [0.717, 1.165) is 18.3 Å². The summed E-state index contributed by atoms with van der Waals surface area (Å²) in [6.45, 7) is 8.46. The quantitative estimate of drug-likeness (QED) is 0.818. The van der Waals surface area contributed by atoms with Crippen LogP contribution in [0, 0.1) is 5.92 Å². The van der Waals surface area contributed by atoms with Gasteiger partial charge in [0.05, 0.1) is 0 Å². The van der Waals surface area contributed by atoms with Crippen LogP contribution in [0.4, 0.5) is 11.6 Å². The van der Waals surface area contributed by atoms with Crippen molar-refractivity contribution in [2.45, 2.75) is 46.3 Å². The minimum atomic E-state index is 0.412. The fraction of sp³-hybridized carbons (Fsp3) is 0.714. The van der Waals surface area contributed by atoms with Crippen molar-refractivity contribution >= 4 is 11.6 Å². The molecule has 1 aliphatic carbocycles. The minimum absolute atomic E-state index is 0.412. The lowest BCUT2D eigenvalue weighted by Gasteiger charge is -2.28. The van der Waals surface area contributed by atoms with E-state index in [1.54, 1.807) is 0 Å². The fourth-order valence-corrected chi connectivity index (χ4v) is 2.06. The molecule has 0 radical (unpaired) electrons. The van der Waals surface area contributed by atoms with Crippen LogP contribution in [0.3, 0.4) is 0 Å². The Morgan fingerprint density at radius 3 is 2.74 bits per heavy atom. The van der Waals surface area contributed by atoms with Gasteiger partial charge in [-0.05, 0) is 39.5 Å². The molecule has 5 heteroatoms. The number of rotatable bonds is 7. The van der Waals surface area contributed by atoms with Crippen LogP contribution in [0.25, 0.3) is 0 Å². The maximum atomic E-state index is 5.88. The molecule has 0 amide bonds. The van der Waals surface area contributed by atoms with Crippen molar-refractivity contribution in [1.82, 2.24) is 9.97 Å². The van der Waals surface area contributed by atoms with Gasteiger partial charge in [-0.1, -0.05) is 0 Å². The molecule has 106 valence electrons. The van der Waals surface area contributed by atoms with Crippen LogP contribution in [0.5, 0.6) is 0 Å². The van der Waals surface area contributed by atoms with Crippen molar-refractivity contribution in [3.05, 3.63) is 11.9 Å². The molecular formula is C14H24N4O. The second-order valence-electron chi connectivity index (χ2n) is 5.39. The van der Waals surface area contributed by atoms with E-state index in [1.807, 2.05) is 13.0 Å². The molecule has 0 aromatic carbocycles. The van der Waals surface area contributed by atoms with Gasteiger partial charge in [-0.25, -0.2) is 9.97 Å². The average molecular weight is 264 g/mol. The SMILES string of the molecule is CCOCc1nc(N)cc(N(CC2CC2)C(C)C)n1. The number of aromatic nitrogens is 2. The zero-order valence-corrected chi connectivity index (χ0v) is 12.1. The molecule has 1 fully saturated rings. The lowest BCUT2D eigenvalue weighted by molar-refractivity contribution is 0.128. The molecule has 1 aromatic heterocycles. The van der Waals surface area contributed by atoms with Crippen LogP contribution >= 0.6 is 0 Å². The first-order valence-corrected chi connectivity index (χ1v) is 7.08. The predicted molar refractivity (Wildman–Crippen MR) is 77.0 cm³/mol. The molecule has 1 saturated carbocycles. The lowest BCUT2D eigenvalue weighted by atomic mass is 10.2. The van der Waals surface area contributed by atoms with Gasteiger partial charge in [0, 0.05) is 25.3 Å². The summed E-state index contributed by atoms with van der Waals surface area (Å²) in [5.74, 6) is 2.91. The van der Waals surface area contributed by atoms with Crippen LogP contribution in [0.2, 0.25) is 0 Å². The third-order valence-electron chi connectivity index (χ3n) is 3.28. The maximum absolute atomic E-state index is 5.88. The molecule has 0 unspecified atom stereocenters. The van der Waals surface area contributed by atoms with Gasteiger partial charge in [-0.15, -0.1) is 0 Å². The summed E-state index contributed by atoms with van der Waals surface area (Å²) in [5.41, 5.74) is 5.88. The minimum Gasteiger partial charge on any atom is -0.384 e. The molecule has 1 heterocycles. The van der Waals surface area contributed by atoms with Gasteiger partial charge in [-0.3, -0.25) is 0 Å². The van der Waals surface area contributed by atoms with Crippen molar-refractivity contribution in [3.63, 3.8) is 0 Å². The van der Waals surface area contributed by atoms with Gasteiger partial charge in [0.15, 0.2) is 5.82 Å².